The van der Waals surface area contributed by atoms with E-state index in [1.54, 1.807) is 0 Å². The first-order valence-corrected chi connectivity index (χ1v) is 6.60. The smallest absolute Gasteiger partial charge is 0.0481 e. The van der Waals surface area contributed by atoms with Gasteiger partial charge in [-0.25, -0.2) is 0 Å². The molecule has 1 N–H and O–H groups in total. The minimum atomic E-state index is 1.05. The van der Waals surface area contributed by atoms with Crippen molar-refractivity contribution in [1.82, 2.24) is 4.98 Å². The zero-order valence-corrected chi connectivity index (χ0v) is 12.2. The third-order valence-corrected chi connectivity index (χ3v) is 4.73. The number of hydrogen-bond acceptors (Lipinski definition) is 0. The van der Waals surface area contributed by atoms with Gasteiger partial charge in [-0.1, -0.05) is 22.9 Å². The zero-order chi connectivity index (χ0) is 11.2. The van der Waals surface area contributed by atoms with Crippen molar-refractivity contribution in [3.63, 3.8) is 0 Å². The number of halogens is 2. The number of nitrogens with one attached hydrogen (secondary N) is 1. The number of fused-ring (bicyclic) bond motifs is 1. The van der Waals surface area contributed by atoms with Gasteiger partial charge in [-0.2, -0.15) is 0 Å². The van der Waals surface area contributed by atoms with Crippen molar-refractivity contribution >= 4 is 42.8 Å². The van der Waals surface area contributed by atoms with E-state index >= 15 is 0 Å². The molecular formula is C12H13Br2N. The van der Waals surface area contributed by atoms with Gasteiger partial charge in [-0.15, -0.1) is 0 Å². The van der Waals surface area contributed by atoms with Crippen LogP contribution < -0.4 is 0 Å². The van der Waals surface area contributed by atoms with Crippen molar-refractivity contribution in [2.24, 2.45) is 0 Å². The van der Waals surface area contributed by atoms with E-state index in [0.29, 0.717) is 0 Å². The van der Waals surface area contributed by atoms with Crippen molar-refractivity contribution in [3.05, 3.63) is 31.8 Å². The number of benzene rings is 1. The molecule has 0 fully saturated rings. The minimum absolute atomic E-state index is 1.05. The highest BCUT2D eigenvalue weighted by Crippen LogP contribution is 2.35. The highest BCUT2D eigenvalue weighted by atomic mass is 79.9. The summed E-state index contributed by atoms with van der Waals surface area (Å²) < 4.78 is 2.34. The van der Waals surface area contributed by atoms with E-state index in [9.17, 15) is 0 Å². The Kier molecular flexibility index (Phi) is 2.95. The third kappa shape index (κ3) is 1.66. The average Bonchev–Trinajstić information content (AvgIpc) is 2.52. The molecule has 1 heterocycles. The predicted octanol–water partition coefficient (Wildman–Crippen LogP) is 4.87. The van der Waals surface area contributed by atoms with E-state index in [1.807, 2.05) is 0 Å². The first kappa shape index (κ1) is 11.2. The minimum Gasteiger partial charge on any atom is -0.358 e. The highest BCUT2D eigenvalue weighted by molar-refractivity contribution is 9.11. The maximum Gasteiger partial charge on any atom is 0.0481 e. The molecule has 2 rings (SSSR count). The normalized spacial score (nSPS) is 11.3. The SMILES string of the molecule is CCc1[nH]c2cc(Br)c(C)c(Br)c2c1C. The van der Waals surface area contributed by atoms with Crippen molar-refractivity contribution in [1.29, 1.82) is 0 Å². The fraction of sp³-hybridized carbons (Fsp3) is 0.333. The molecule has 0 aliphatic rings. The van der Waals surface area contributed by atoms with Gasteiger partial charge in [0.2, 0.25) is 0 Å². The first-order chi connectivity index (χ1) is 7.06. The van der Waals surface area contributed by atoms with Crippen LogP contribution in [0.4, 0.5) is 0 Å². The Morgan fingerprint density at radius 3 is 2.47 bits per heavy atom. The van der Waals surface area contributed by atoms with Gasteiger partial charge in [0.15, 0.2) is 0 Å². The van der Waals surface area contributed by atoms with Gasteiger partial charge >= 0.3 is 0 Å². The van der Waals surface area contributed by atoms with Crippen LogP contribution in [0.3, 0.4) is 0 Å². The van der Waals surface area contributed by atoms with Crippen LogP contribution in [-0.2, 0) is 6.42 Å². The molecule has 0 saturated carbocycles. The fourth-order valence-corrected chi connectivity index (χ4v) is 3.36. The van der Waals surface area contributed by atoms with Crippen molar-refractivity contribution in [2.75, 3.05) is 0 Å². The van der Waals surface area contributed by atoms with Crippen molar-refractivity contribution in [2.45, 2.75) is 27.2 Å². The summed E-state index contributed by atoms with van der Waals surface area (Å²) in [6.07, 6.45) is 1.05. The number of H-pyrrole nitrogens is 1. The summed E-state index contributed by atoms with van der Waals surface area (Å²) in [7, 11) is 0. The molecule has 0 atom stereocenters. The van der Waals surface area contributed by atoms with E-state index in [4.69, 9.17) is 0 Å². The molecule has 1 aromatic carbocycles. The molecule has 0 aliphatic carbocycles. The Morgan fingerprint density at radius 2 is 1.87 bits per heavy atom. The highest BCUT2D eigenvalue weighted by Gasteiger charge is 2.12. The number of rotatable bonds is 1. The number of aromatic nitrogens is 1. The Hall–Kier alpha value is -0.280. The molecule has 0 amide bonds. The largest absolute Gasteiger partial charge is 0.358 e. The molecule has 3 heteroatoms. The molecule has 1 aromatic heterocycles. The van der Waals surface area contributed by atoms with Gasteiger partial charge in [-0.05, 0) is 53.4 Å². The molecule has 80 valence electrons. The molecule has 15 heavy (non-hydrogen) atoms. The maximum atomic E-state index is 3.67. The summed E-state index contributed by atoms with van der Waals surface area (Å²) in [5, 5.41) is 1.31. The lowest BCUT2D eigenvalue weighted by molar-refractivity contribution is 1.05. The van der Waals surface area contributed by atoms with Crippen LogP contribution >= 0.6 is 31.9 Å². The monoisotopic (exact) mass is 329 g/mol. The molecular weight excluding hydrogens is 318 g/mol. The van der Waals surface area contributed by atoms with Gasteiger partial charge in [0.1, 0.15) is 0 Å². The fourth-order valence-electron chi connectivity index (χ4n) is 1.94. The van der Waals surface area contributed by atoms with E-state index in [0.717, 1.165) is 10.9 Å². The molecule has 0 saturated heterocycles. The van der Waals surface area contributed by atoms with Gasteiger partial charge in [0.25, 0.3) is 0 Å². The first-order valence-electron chi connectivity index (χ1n) is 5.02. The summed E-state index contributed by atoms with van der Waals surface area (Å²) in [6, 6.07) is 2.15. The number of hydrogen-bond donors (Lipinski definition) is 1. The standard InChI is InChI=1S/C12H13Br2N/c1-4-9-7(3)11-10(15-9)5-8(13)6(2)12(11)14/h5,15H,4H2,1-3H3. The summed E-state index contributed by atoms with van der Waals surface area (Å²) in [5.74, 6) is 0. The topological polar surface area (TPSA) is 15.8 Å². The van der Waals surface area contributed by atoms with Crippen molar-refractivity contribution < 1.29 is 0 Å². The van der Waals surface area contributed by atoms with Gasteiger partial charge in [0, 0.05) is 25.5 Å². The molecule has 0 radical (unpaired) electrons. The summed E-state index contributed by atoms with van der Waals surface area (Å²) >= 11 is 7.25. The third-order valence-electron chi connectivity index (χ3n) is 2.91. The second-order valence-corrected chi connectivity index (χ2v) is 5.45. The molecule has 0 bridgehead atoms. The maximum absolute atomic E-state index is 3.67. The van der Waals surface area contributed by atoms with Crippen LogP contribution in [0.5, 0.6) is 0 Å². The number of aryl methyl sites for hydroxylation is 2. The van der Waals surface area contributed by atoms with E-state index < -0.39 is 0 Å². The second-order valence-electron chi connectivity index (χ2n) is 3.80. The van der Waals surface area contributed by atoms with Crippen molar-refractivity contribution in [3.8, 4) is 0 Å². The molecule has 0 unspecified atom stereocenters. The predicted molar refractivity (Wildman–Crippen MR) is 72.6 cm³/mol. The molecule has 0 aliphatic heterocycles. The Morgan fingerprint density at radius 1 is 1.20 bits per heavy atom. The van der Waals surface area contributed by atoms with Gasteiger partial charge in [-0.3, -0.25) is 0 Å². The Bertz CT molecular complexity index is 526. The molecule has 1 nitrogen and oxygen atoms in total. The lowest BCUT2D eigenvalue weighted by Crippen LogP contribution is -1.82. The van der Waals surface area contributed by atoms with E-state index in [1.165, 1.54) is 32.2 Å². The summed E-state index contributed by atoms with van der Waals surface area (Å²) in [4.78, 5) is 3.46. The summed E-state index contributed by atoms with van der Waals surface area (Å²) in [5.41, 5.74) is 5.14. The zero-order valence-electron chi connectivity index (χ0n) is 9.04. The molecule has 2 aromatic rings. The second kappa shape index (κ2) is 3.95. The van der Waals surface area contributed by atoms with Crippen LogP contribution in [0.25, 0.3) is 10.9 Å². The van der Waals surface area contributed by atoms with Crippen LogP contribution in [0.15, 0.2) is 15.0 Å². The van der Waals surface area contributed by atoms with E-state index in [-0.39, 0.29) is 0 Å². The van der Waals surface area contributed by atoms with Crippen LogP contribution in [-0.4, -0.2) is 4.98 Å². The van der Waals surface area contributed by atoms with Crippen LogP contribution in [0.1, 0.15) is 23.7 Å². The van der Waals surface area contributed by atoms with Crippen LogP contribution in [0, 0.1) is 13.8 Å². The molecule has 0 spiro atoms. The number of aromatic amines is 1. The van der Waals surface area contributed by atoms with Crippen LogP contribution in [0.2, 0.25) is 0 Å². The van der Waals surface area contributed by atoms with Gasteiger partial charge < -0.3 is 4.98 Å². The van der Waals surface area contributed by atoms with E-state index in [2.05, 4.69) is 63.7 Å². The van der Waals surface area contributed by atoms with Gasteiger partial charge in [0.05, 0.1) is 0 Å². The Balaban J connectivity index is 2.90. The lowest BCUT2D eigenvalue weighted by Gasteiger charge is -2.04. The Labute approximate surface area is 107 Å². The average molecular weight is 331 g/mol. The summed E-state index contributed by atoms with van der Waals surface area (Å²) in [6.45, 7) is 6.47. The lowest BCUT2D eigenvalue weighted by atomic mass is 10.1. The quantitative estimate of drug-likeness (QED) is 0.767.